The van der Waals surface area contributed by atoms with Gasteiger partial charge in [-0.05, 0) is 36.6 Å². The van der Waals surface area contributed by atoms with Gasteiger partial charge in [-0.3, -0.25) is 4.98 Å². The molecule has 94 valence electrons. The first kappa shape index (κ1) is 12.8. The summed E-state index contributed by atoms with van der Waals surface area (Å²) in [6, 6.07) is 14.1. The Kier molecular flexibility index (Phi) is 4.11. The molecule has 1 heterocycles. The quantitative estimate of drug-likeness (QED) is 0.891. The van der Waals surface area contributed by atoms with Gasteiger partial charge in [0.05, 0.1) is 11.8 Å². The van der Waals surface area contributed by atoms with Crippen LogP contribution in [0.3, 0.4) is 0 Å². The second-order valence-corrected chi connectivity index (χ2v) is 4.59. The Morgan fingerprint density at radius 2 is 1.72 bits per heavy atom. The number of rotatable bonds is 4. The maximum absolute atomic E-state index is 10.2. The molecule has 1 unspecified atom stereocenters. The van der Waals surface area contributed by atoms with E-state index in [1.165, 1.54) is 5.56 Å². The van der Waals surface area contributed by atoms with E-state index in [9.17, 15) is 5.11 Å². The molecule has 0 saturated carbocycles. The van der Waals surface area contributed by atoms with Crippen LogP contribution in [0.15, 0.2) is 42.5 Å². The van der Waals surface area contributed by atoms with Crippen molar-refractivity contribution in [3.8, 4) is 0 Å². The Morgan fingerprint density at radius 1 is 1.06 bits per heavy atom. The van der Waals surface area contributed by atoms with E-state index in [0.29, 0.717) is 6.42 Å². The smallest absolute Gasteiger partial charge is 0.1000 e. The van der Waals surface area contributed by atoms with Gasteiger partial charge in [0, 0.05) is 12.1 Å². The largest absolute Gasteiger partial charge is 0.386 e. The molecule has 2 heteroatoms. The second-order valence-electron chi connectivity index (χ2n) is 4.59. The van der Waals surface area contributed by atoms with Gasteiger partial charge >= 0.3 is 0 Å². The molecule has 0 aliphatic rings. The number of benzene rings is 1. The Bertz CT molecular complexity index is 505. The Labute approximate surface area is 108 Å². The lowest BCUT2D eigenvalue weighted by molar-refractivity contribution is 0.173. The fraction of sp³-hybridized carbons (Fsp3) is 0.312. The minimum Gasteiger partial charge on any atom is -0.386 e. The van der Waals surface area contributed by atoms with Crippen molar-refractivity contribution in [2.75, 3.05) is 0 Å². The number of hydrogen-bond donors (Lipinski definition) is 1. The maximum atomic E-state index is 10.2. The van der Waals surface area contributed by atoms with Crippen LogP contribution >= 0.6 is 0 Å². The van der Waals surface area contributed by atoms with E-state index < -0.39 is 6.10 Å². The molecule has 2 aromatic rings. The summed E-state index contributed by atoms with van der Waals surface area (Å²) in [5.41, 5.74) is 4.15. The number of aromatic nitrogens is 1. The Hall–Kier alpha value is -1.67. The zero-order valence-electron chi connectivity index (χ0n) is 10.9. The summed E-state index contributed by atoms with van der Waals surface area (Å²) in [5.74, 6) is 0. The van der Waals surface area contributed by atoms with Crippen molar-refractivity contribution >= 4 is 0 Å². The number of nitrogens with zero attached hydrogens (tertiary/aromatic N) is 1. The summed E-state index contributed by atoms with van der Waals surface area (Å²) in [6.07, 6.45) is 1.13. The molecule has 18 heavy (non-hydrogen) atoms. The molecule has 1 aromatic carbocycles. The molecule has 0 bridgehead atoms. The molecule has 0 aliphatic carbocycles. The normalized spacial score (nSPS) is 12.4. The SMILES string of the molecule is CCc1ccc(CC(O)c2cccc(C)n2)cc1. The summed E-state index contributed by atoms with van der Waals surface area (Å²) in [5, 5.41) is 10.2. The van der Waals surface area contributed by atoms with Crippen LogP contribution in [0.5, 0.6) is 0 Å². The van der Waals surface area contributed by atoms with Gasteiger partial charge in [0.1, 0.15) is 0 Å². The molecule has 1 aromatic heterocycles. The van der Waals surface area contributed by atoms with Crippen molar-refractivity contribution in [1.29, 1.82) is 0 Å². The molecule has 0 aliphatic heterocycles. The summed E-state index contributed by atoms with van der Waals surface area (Å²) in [4.78, 5) is 4.35. The third-order valence-electron chi connectivity index (χ3n) is 3.11. The van der Waals surface area contributed by atoms with Crippen molar-refractivity contribution in [1.82, 2.24) is 4.98 Å². The topological polar surface area (TPSA) is 33.1 Å². The number of aryl methyl sites for hydroxylation is 2. The highest BCUT2D eigenvalue weighted by Crippen LogP contribution is 2.17. The molecule has 2 nitrogen and oxygen atoms in total. The Balaban J connectivity index is 2.08. The van der Waals surface area contributed by atoms with Crippen LogP contribution < -0.4 is 0 Å². The summed E-state index contributed by atoms with van der Waals surface area (Å²) in [7, 11) is 0. The lowest BCUT2D eigenvalue weighted by atomic mass is 10.0. The third kappa shape index (κ3) is 3.17. The first-order valence-electron chi connectivity index (χ1n) is 6.38. The van der Waals surface area contributed by atoms with Crippen molar-refractivity contribution in [3.05, 3.63) is 65.0 Å². The number of pyridine rings is 1. The molecule has 0 amide bonds. The van der Waals surface area contributed by atoms with Gasteiger partial charge in [0.15, 0.2) is 0 Å². The third-order valence-corrected chi connectivity index (χ3v) is 3.11. The van der Waals surface area contributed by atoms with Crippen molar-refractivity contribution in [2.45, 2.75) is 32.8 Å². The van der Waals surface area contributed by atoms with Gasteiger partial charge in [-0.2, -0.15) is 0 Å². The Morgan fingerprint density at radius 3 is 2.33 bits per heavy atom. The molecule has 1 N–H and O–H groups in total. The lowest BCUT2D eigenvalue weighted by Gasteiger charge is -2.11. The number of hydrogen-bond acceptors (Lipinski definition) is 2. The lowest BCUT2D eigenvalue weighted by Crippen LogP contribution is -2.04. The molecular weight excluding hydrogens is 222 g/mol. The van der Waals surface area contributed by atoms with Crippen LogP contribution in [0, 0.1) is 6.92 Å². The van der Waals surface area contributed by atoms with E-state index in [4.69, 9.17) is 0 Å². The molecule has 0 spiro atoms. The van der Waals surface area contributed by atoms with E-state index in [-0.39, 0.29) is 0 Å². The highest BCUT2D eigenvalue weighted by molar-refractivity contribution is 5.24. The van der Waals surface area contributed by atoms with Gasteiger partial charge in [-0.15, -0.1) is 0 Å². The minimum atomic E-state index is -0.530. The van der Waals surface area contributed by atoms with E-state index in [0.717, 1.165) is 23.4 Å². The average molecular weight is 241 g/mol. The highest BCUT2D eigenvalue weighted by Gasteiger charge is 2.09. The van der Waals surface area contributed by atoms with Gasteiger partial charge < -0.3 is 5.11 Å². The first-order chi connectivity index (χ1) is 8.69. The predicted octanol–water partition coefficient (Wildman–Crippen LogP) is 3.23. The number of aliphatic hydroxyl groups is 1. The molecule has 0 saturated heterocycles. The van der Waals surface area contributed by atoms with E-state index >= 15 is 0 Å². The van der Waals surface area contributed by atoms with Crippen LogP contribution in [-0.2, 0) is 12.8 Å². The van der Waals surface area contributed by atoms with Gasteiger partial charge in [0.2, 0.25) is 0 Å². The van der Waals surface area contributed by atoms with Gasteiger partial charge in [-0.1, -0.05) is 37.3 Å². The van der Waals surface area contributed by atoms with E-state index in [2.05, 4.69) is 36.2 Å². The molecule has 1 atom stereocenters. The average Bonchev–Trinajstić information content (AvgIpc) is 2.39. The molecule has 2 rings (SSSR count). The maximum Gasteiger partial charge on any atom is 0.1000 e. The van der Waals surface area contributed by atoms with Crippen molar-refractivity contribution in [2.24, 2.45) is 0 Å². The standard InChI is InChI=1S/C16H19NO/c1-3-13-7-9-14(10-8-13)11-16(18)15-6-4-5-12(2)17-15/h4-10,16,18H,3,11H2,1-2H3. The summed E-state index contributed by atoms with van der Waals surface area (Å²) >= 11 is 0. The molecular formula is C16H19NO. The molecule has 0 radical (unpaired) electrons. The number of aliphatic hydroxyl groups excluding tert-OH is 1. The van der Waals surface area contributed by atoms with Gasteiger partial charge in [0.25, 0.3) is 0 Å². The highest BCUT2D eigenvalue weighted by atomic mass is 16.3. The van der Waals surface area contributed by atoms with Crippen LogP contribution in [0.25, 0.3) is 0 Å². The van der Waals surface area contributed by atoms with Crippen molar-refractivity contribution in [3.63, 3.8) is 0 Å². The van der Waals surface area contributed by atoms with Crippen LogP contribution in [-0.4, -0.2) is 10.1 Å². The van der Waals surface area contributed by atoms with Crippen LogP contribution in [0.4, 0.5) is 0 Å². The zero-order valence-corrected chi connectivity index (χ0v) is 10.9. The van der Waals surface area contributed by atoms with Crippen LogP contribution in [0.2, 0.25) is 0 Å². The summed E-state index contributed by atoms with van der Waals surface area (Å²) in [6.45, 7) is 4.08. The fourth-order valence-electron chi connectivity index (χ4n) is 1.99. The second kappa shape index (κ2) is 5.78. The zero-order chi connectivity index (χ0) is 13.0. The first-order valence-corrected chi connectivity index (χ1v) is 6.38. The fourth-order valence-corrected chi connectivity index (χ4v) is 1.99. The van der Waals surface area contributed by atoms with E-state index in [1.54, 1.807) is 0 Å². The monoisotopic (exact) mass is 241 g/mol. The van der Waals surface area contributed by atoms with Gasteiger partial charge in [-0.25, -0.2) is 0 Å². The van der Waals surface area contributed by atoms with E-state index in [1.807, 2.05) is 25.1 Å². The summed E-state index contributed by atoms with van der Waals surface area (Å²) < 4.78 is 0. The predicted molar refractivity (Wildman–Crippen MR) is 73.5 cm³/mol. The molecule has 0 fully saturated rings. The van der Waals surface area contributed by atoms with Crippen LogP contribution in [0.1, 0.15) is 35.5 Å². The van der Waals surface area contributed by atoms with Crippen molar-refractivity contribution < 1.29 is 5.11 Å². The minimum absolute atomic E-state index is 0.530.